The number of nitrogen functional groups attached to an aromatic ring is 1. The van der Waals surface area contributed by atoms with Crippen molar-refractivity contribution in [1.82, 2.24) is 34.7 Å². The van der Waals surface area contributed by atoms with Crippen LogP contribution in [0.5, 0.6) is 0 Å². The maximum Gasteiger partial charge on any atom is 0.252 e. The van der Waals surface area contributed by atoms with Gasteiger partial charge in [-0.3, -0.25) is 4.79 Å². The molecule has 1 unspecified atom stereocenters. The molecular weight excluding hydrogens is 460 g/mol. The van der Waals surface area contributed by atoms with E-state index in [-0.39, 0.29) is 24.0 Å². The Labute approximate surface area is 205 Å². The number of hydrogen-bond acceptors (Lipinski definition) is 8. The molecule has 36 heavy (non-hydrogen) atoms. The van der Waals surface area contributed by atoms with E-state index in [0.29, 0.717) is 41.1 Å². The highest BCUT2D eigenvalue weighted by Crippen LogP contribution is 2.32. The number of nitrogens with two attached hydrogens (primary N) is 1. The molecule has 4 aromatic heterocycles. The Kier molecular flexibility index (Phi) is 5.22. The van der Waals surface area contributed by atoms with E-state index < -0.39 is 5.54 Å². The van der Waals surface area contributed by atoms with Crippen LogP contribution in [0.2, 0.25) is 0 Å². The summed E-state index contributed by atoms with van der Waals surface area (Å²) in [6.07, 6.45) is 5.64. The summed E-state index contributed by atoms with van der Waals surface area (Å²) in [6.45, 7) is 1.82. The lowest BCUT2D eigenvalue weighted by Crippen LogP contribution is -2.52. The van der Waals surface area contributed by atoms with E-state index in [0.717, 1.165) is 18.4 Å². The summed E-state index contributed by atoms with van der Waals surface area (Å²) in [6, 6.07) is 13.0. The third-order valence-electron chi connectivity index (χ3n) is 7.00. The average Bonchev–Trinajstić information content (AvgIpc) is 3.65. The topological polar surface area (TPSA) is 149 Å². The molecule has 1 amide bonds. The molecule has 4 N–H and O–H groups in total. The molecule has 1 fully saturated rings. The van der Waals surface area contributed by atoms with Gasteiger partial charge in [0, 0.05) is 6.04 Å². The van der Waals surface area contributed by atoms with Gasteiger partial charge in [0.15, 0.2) is 22.6 Å². The molecule has 184 valence electrons. The number of carbonyl (C=O) groups excluding carboxylic acids is 1. The molecule has 4 heterocycles. The van der Waals surface area contributed by atoms with Crippen molar-refractivity contribution in [3.63, 3.8) is 0 Å². The maximum atomic E-state index is 13.9. The van der Waals surface area contributed by atoms with E-state index >= 15 is 0 Å². The third kappa shape index (κ3) is 3.51. The van der Waals surface area contributed by atoms with Crippen molar-refractivity contribution in [1.29, 1.82) is 0 Å². The number of amides is 1. The van der Waals surface area contributed by atoms with Gasteiger partial charge >= 0.3 is 0 Å². The first-order chi connectivity index (χ1) is 17.4. The van der Waals surface area contributed by atoms with Crippen LogP contribution in [-0.4, -0.2) is 52.5 Å². The standard InChI is InChI=1S/C25H26N8O3/c1-25(15-6-3-2-4-7-15,23(35)28-16-9-11-17(34)12-10-16)33-22-18(14-27-33)21-29-20(19-8-5-13-36-19)31-32(21)24(26)30-22/h2-8,13-14,16-17,34H,9-12H2,1H3,(H2,26,30)(H,28,35)/t16-,17-,25?. The minimum atomic E-state index is -1.22. The van der Waals surface area contributed by atoms with E-state index in [9.17, 15) is 9.90 Å². The van der Waals surface area contributed by atoms with Gasteiger partial charge in [0.25, 0.3) is 5.91 Å². The van der Waals surface area contributed by atoms with Gasteiger partial charge in [0.2, 0.25) is 11.8 Å². The van der Waals surface area contributed by atoms with E-state index in [2.05, 4.69) is 25.5 Å². The van der Waals surface area contributed by atoms with Crippen LogP contribution in [0.1, 0.15) is 38.2 Å². The Hall–Kier alpha value is -4.25. The van der Waals surface area contributed by atoms with Crippen molar-refractivity contribution >= 4 is 28.5 Å². The zero-order valence-corrected chi connectivity index (χ0v) is 19.7. The van der Waals surface area contributed by atoms with Crippen LogP contribution in [0.25, 0.3) is 28.3 Å². The Bertz CT molecular complexity index is 1530. The van der Waals surface area contributed by atoms with Crippen molar-refractivity contribution in [2.45, 2.75) is 50.3 Å². The first-order valence-corrected chi connectivity index (χ1v) is 11.9. The lowest BCUT2D eigenvalue weighted by molar-refractivity contribution is -0.128. The van der Waals surface area contributed by atoms with Gasteiger partial charge in [-0.05, 0) is 50.3 Å². The number of aliphatic hydroxyl groups excluding tert-OH is 1. The largest absolute Gasteiger partial charge is 0.461 e. The van der Waals surface area contributed by atoms with Crippen LogP contribution >= 0.6 is 0 Å². The van der Waals surface area contributed by atoms with Crippen molar-refractivity contribution in [3.05, 3.63) is 60.5 Å². The average molecular weight is 487 g/mol. The molecule has 0 spiro atoms. The number of fused-ring (bicyclic) bond motifs is 3. The summed E-state index contributed by atoms with van der Waals surface area (Å²) in [4.78, 5) is 23.1. The van der Waals surface area contributed by atoms with E-state index in [1.807, 2.05) is 37.3 Å². The summed E-state index contributed by atoms with van der Waals surface area (Å²) in [5.41, 5.74) is 6.70. The molecule has 1 aliphatic carbocycles. The summed E-state index contributed by atoms with van der Waals surface area (Å²) in [5, 5.41) is 22.7. The lowest BCUT2D eigenvalue weighted by Gasteiger charge is -2.33. The number of aliphatic hydroxyl groups is 1. The maximum absolute atomic E-state index is 13.9. The normalized spacial score (nSPS) is 19.9. The SMILES string of the molecule is CC(C(=O)N[C@H]1CC[C@H](O)CC1)(c1ccccc1)n1ncc2c1nc(N)n1nc(-c3ccco3)nc21. The van der Waals surface area contributed by atoms with Crippen molar-refractivity contribution in [3.8, 4) is 11.6 Å². The van der Waals surface area contributed by atoms with Crippen molar-refractivity contribution < 1.29 is 14.3 Å². The number of furan rings is 1. The number of hydrogen-bond donors (Lipinski definition) is 3. The van der Waals surface area contributed by atoms with Crippen LogP contribution in [0.3, 0.4) is 0 Å². The Morgan fingerprint density at radius 2 is 1.89 bits per heavy atom. The number of nitrogens with zero attached hydrogens (tertiary/aromatic N) is 6. The zero-order valence-electron chi connectivity index (χ0n) is 19.7. The summed E-state index contributed by atoms with van der Waals surface area (Å²) in [7, 11) is 0. The minimum absolute atomic E-state index is 0.0251. The van der Waals surface area contributed by atoms with E-state index in [1.165, 1.54) is 4.52 Å². The highest BCUT2D eigenvalue weighted by molar-refractivity contribution is 5.94. The van der Waals surface area contributed by atoms with Crippen LogP contribution in [0.15, 0.2) is 59.3 Å². The molecule has 1 atom stereocenters. The summed E-state index contributed by atoms with van der Waals surface area (Å²) in [5.74, 6) is 0.779. The Morgan fingerprint density at radius 3 is 2.61 bits per heavy atom. The second kappa shape index (κ2) is 8.45. The Balaban J connectivity index is 1.48. The van der Waals surface area contributed by atoms with Crippen LogP contribution in [0.4, 0.5) is 5.95 Å². The molecule has 1 saturated carbocycles. The quantitative estimate of drug-likeness (QED) is 0.343. The molecule has 1 aromatic carbocycles. The van der Waals surface area contributed by atoms with E-state index in [4.69, 9.17) is 10.2 Å². The first kappa shape index (κ1) is 22.2. The highest BCUT2D eigenvalue weighted by atomic mass is 16.3. The van der Waals surface area contributed by atoms with Crippen LogP contribution in [0, 0.1) is 0 Å². The molecule has 1 aliphatic rings. The smallest absolute Gasteiger partial charge is 0.252 e. The molecule has 6 rings (SSSR count). The number of aromatic nitrogens is 6. The molecule has 5 aromatic rings. The van der Waals surface area contributed by atoms with Gasteiger partial charge in [0.1, 0.15) is 0 Å². The number of benzene rings is 1. The molecular formula is C25H26N8O3. The highest BCUT2D eigenvalue weighted by Gasteiger charge is 2.41. The first-order valence-electron chi connectivity index (χ1n) is 11.9. The fourth-order valence-corrected chi connectivity index (χ4v) is 4.91. The zero-order chi connectivity index (χ0) is 24.9. The number of carbonyl (C=O) groups is 1. The third-order valence-corrected chi connectivity index (χ3v) is 7.00. The van der Waals surface area contributed by atoms with Gasteiger partial charge in [-0.15, -0.1) is 5.10 Å². The fourth-order valence-electron chi connectivity index (χ4n) is 4.91. The van der Waals surface area contributed by atoms with Crippen LogP contribution < -0.4 is 11.1 Å². The monoisotopic (exact) mass is 486 g/mol. The molecule has 0 bridgehead atoms. The summed E-state index contributed by atoms with van der Waals surface area (Å²) >= 11 is 0. The number of anilines is 1. The predicted molar refractivity (Wildman–Crippen MR) is 132 cm³/mol. The number of nitrogens with one attached hydrogen (secondary N) is 1. The Morgan fingerprint density at radius 1 is 1.11 bits per heavy atom. The minimum Gasteiger partial charge on any atom is -0.461 e. The molecule has 11 heteroatoms. The second-order valence-electron chi connectivity index (χ2n) is 9.33. The lowest BCUT2D eigenvalue weighted by atomic mass is 9.88. The van der Waals surface area contributed by atoms with Gasteiger partial charge in [-0.2, -0.15) is 14.6 Å². The molecule has 11 nitrogen and oxygen atoms in total. The van der Waals surface area contributed by atoms with Crippen LogP contribution in [-0.2, 0) is 10.3 Å². The number of rotatable bonds is 5. The second-order valence-corrected chi connectivity index (χ2v) is 9.33. The summed E-state index contributed by atoms with van der Waals surface area (Å²) < 4.78 is 8.48. The van der Waals surface area contributed by atoms with Gasteiger partial charge < -0.3 is 20.6 Å². The van der Waals surface area contributed by atoms with Gasteiger partial charge in [-0.25, -0.2) is 9.67 Å². The predicted octanol–water partition coefficient (Wildman–Crippen LogP) is 2.50. The van der Waals surface area contributed by atoms with Gasteiger partial charge in [0.05, 0.1) is 24.0 Å². The fraction of sp³-hybridized carbons (Fsp3) is 0.320. The van der Waals surface area contributed by atoms with Gasteiger partial charge in [-0.1, -0.05) is 30.3 Å². The molecule has 0 saturated heterocycles. The van der Waals surface area contributed by atoms with Crippen molar-refractivity contribution in [2.24, 2.45) is 0 Å². The van der Waals surface area contributed by atoms with E-state index in [1.54, 1.807) is 29.3 Å². The molecule has 0 radical (unpaired) electrons. The molecule has 0 aliphatic heterocycles. The van der Waals surface area contributed by atoms with Crippen molar-refractivity contribution in [2.75, 3.05) is 5.73 Å².